The second-order valence-corrected chi connectivity index (χ2v) is 6.63. The molecule has 0 saturated heterocycles. The molecule has 0 aliphatic carbocycles. The molecule has 2 aromatic heterocycles. The van der Waals surface area contributed by atoms with Gasteiger partial charge in [0.1, 0.15) is 11.6 Å². The molecule has 0 radical (unpaired) electrons. The third-order valence-corrected chi connectivity index (χ3v) is 4.71. The van der Waals surface area contributed by atoms with Crippen LogP contribution in [0.4, 0.5) is 4.39 Å². The fourth-order valence-corrected chi connectivity index (χ4v) is 3.30. The maximum atomic E-state index is 14.0. The van der Waals surface area contributed by atoms with Gasteiger partial charge in [-0.2, -0.15) is 0 Å². The Hall–Kier alpha value is -3.00. The van der Waals surface area contributed by atoms with Crippen molar-refractivity contribution in [1.82, 2.24) is 10.3 Å². The maximum Gasteiger partial charge on any atom is 0.333 e. The van der Waals surface area contributed by atoms with E-state index in [9.17, 15) is 14.0 Å². The van der Waals surface area contributed by atoms with Crippen LogP contribution >= 0.6 is 11.3 Å². The molecule has 0 aliphatic rings. The van der Waals surface area contributed by atoms with E-state index in [0.717, 1.165) is 5.76 Å². The molecule has 8 heteroatoms. The molecular weight excluding hydrogens is 371 g/mol. The monoisotopic (exact) mass is 388 g/mol. The van der Waals surface area contributed by atoms with Gasteiger partial charge in [-0.3, -0.25) is 4.79 Å². The number of halogens is 1. The Morgan fingerprint density at radius 1 is 1.30 bits per heavy atom. The van der Waals surface area contributed by atoms with Crippen molar-refractivity contribution < 1.29 is 23.1 Å². The van der Waals surface area contributed by atoms with Crippen LogP contribution in [0.1, 0.15) is 23.1 Å². The second kappa shape index (κ2) is 8.13. The molecule has 2 heterocycles. The summed E-state index contributed by atoms with van der Waals surface area (Å²) in [5.41, 5.74) is 0.571. The molecule has 0 spiro atoms. The van der Waals surface area contributed by atoms with Gasteiger partial charge in [0.2, 0.25) is 5.91 Å². The number of carbonyl (C=O) groups excluding carboxylic acids is 2. The van der Waals surface area contributed by atoms with Crippen LogP contribution in [0.2, 0.25) is 0 Å². The van der Waals surface area contributed by atoms with Crippen molar-refractivity contribution in [3.05, 3.63) is 64.6 Å². The summed E-state index contributed by atoms with van der Waals surface area (Å²) in [6.45, 7) is 1.83. The second-order valence-electron chi connectivity index (χ2n) is 5.78. The molecule has 0 aliphatic heterocycles. The lowest BCUT2D eigenvalue weighted by Gasteiger charge is -2.17. The summed E-state index contributed by atoms with van der Waals surface area (Å²) in [5.74, 6) is -0.426. The molecule has 0 unspecified atom stereocenters. The van der Waals surface area contributed by atoms with Crippen molar-refractivity contribution in [2.24, 2.45) is 0 Å². The SMILES string of the molecule is COC(=O)[C@H](NC(=O)Cc1csc(-c2ccc(C)o2)n1)c1ccccc1F. The van der Waals surface area contributed by atoms with E-state index in [-0.39, 0.29) is 12.0 Å². The summed E-state index contributed by atoms with van der Waals surface area (Å²) in [5, 5.41) is 4.91. The molecular formula is C19H17FN2O4S. The van der Waals surface area contributed by atoms with Gasteiger partial charge in [-0.1, -0.05) is 18.2 Å². The first-order valence-corrected chi connectivity index (χ1v) is 8.98. The number of hydrogen-bond donors (Lipinski definition) is 1. The average Bonchev–Trinajstić information content (AvgIpc) is 3.28. The Morgan fingerprint density at radius 2 is 2.07 bits per heavy atom. The van der Waals surface area contributed by atoms with Crippen LogP contribution in [-0.4, -0.2) is 24.0 Å². The number of methoxy groups -OCH3 is 1. The zero-order valence-corrected chi connectivity index (χ0v) is 15.5. The molecule has 1 amide bonds. The van der Waals surface area contributed by atoms with Crippen LogP contribution in [0.25, 0.3) is 10.8 Å². The summed E-state index contributed by atoms with van der Waals surface area (Å²) < 4.78 is 24.2. The first-order chi connectivity index (χ1) is 13.0. The average molecular weight is 388 g/mol. The van der Waals surface area contributed by atoms with Crippen molar-refractivity contribution in [2.75, 3.05) is 7.11 Å². The Balaban J connectivity index is 1.72. The molecule has 3 aromatic rings. The molecule has 0 saturated carbocycles. The zero-order chi connectivity index (χ0) is 19.4. The third kappa shape index (κ3) is 4.40. The molecule has 0 bridgehead atoms. The maximum absolute atomic E-state index is 14.0. The van der Waals surface area contributed by atoms with Gasteiger partial charge in [0, 0.05) is 10.9 Å². The molecule has 3 rings (SSSR count). The van der Waals surface area contributed by atoms with Crippen LogP contribution in [0.15, 0.2) is 46.2 Å². The van der Waals surface area contributed by atoms with E-state index in [1.165, 1.54) is 36.6 Å². The number of benzene rings is 1. The Labute approximate surface area is 159 Å². The zero-order valence-electron chi connectivity index (χ0n) is 14.7. The van der Waals surface area contributed by atoms with Crippen LogP contribution < -0.4 is 5.32 Å². The number of thiazole rings is 1. The van der Waals surface area contributed by atoms with Gasteiger partial charge in [-0.25, -0.2) is 14.2 Å². The number of amides is 1. The van der Waals surface area contributed by atoms with E-state index in [1.807, 2.05) is 19.1 Å². The molecule has 0 fully saturated rings. The van der Waals surface area contributed by atoms with Crippen molar-refractivity contribution in [3.63, 3.8) is 0 Å². The lowest BCUT2D eigenvalue weighted by atomic mass is 10.1. The number of ether oxygens (including phenoxy) is 1. The number of carbonyl (C=O) groups is 2. The smallest absolute Gasteiger partial charge is 0.333 e. The van der Waals surface area contributed by atoms with Gasteiger partial charge in [0.15, 0.2) is 16.8 Å². The van der Waals surface area contributed by atoms with Crippen LogP contribution in [0.3, 0.4) is 0 Å². The minimum Gasteiger partial charge on any atom is -0.467 e. The highest BCUT2D eigenvalue weighted by Crippen LogP contribution is 2.26. The van der Waals surface area contributed by atoms with E-state index in [1.54, 1.807) is 11.4 Å². The molecule has 1 aromatic carbocycles. The highest BCUT2D eigenvalue weighted by atomic mass is 32.1. The van der Waals surface area contributed by atoms with E-state index >= 15 is 0 Å². The minimum atomic E-state index is -1.23. The van der Waals surface area contributed by atoms with Gasteiger partial charge in [0.05, 0.1) is 19.2 Å². The lowest BCUT2D eigenvalue weighted by molar-refractivity contribution is -0.145. The highest BCUT2D eigenvalue weighted by Gasteiger charge is 2.26. The van der Waals surface area contributed by atoms with Crippen LogP contribution in [0.5, 0.6) is 0 Å². The van der Waals surface area contributed by atoms with Crippen molar-refractivity contribution in [2.45, 2.75) is 19.4 Å². The summed E-state index contributed by atoms with van der Waals surface area (Å²) in [4.78, 5) is 28.8. The quantitative estimate of drug-likeness (QED) is 0.655. The number of esters is 1. The first kappa shape index (κ1) is 18.8. The van der Waals surface area contributed by atoms with Gasteiger partial charge in [0.25, 0.3) is 0 Å². The molecule has 27 heavy (non-hydrogen) atoms. The molecule has 140 valence electrons. The number of furan rings is 1. The van der Waals surface area contributed by atoms with Gasteiger partial charge in [-0.15, -0.1) is 11.3 Å². The number of aromatic nitrogens is 1. The molecule has 1 N–H and O–H groups in total. The Morgan fingerprint density at radius 3 is 2.74 bits per heavy atom. The summed E-state index contributed by atoms with van der Waals surface area (Å²) in [6, 6.07) is 8.14. The van der Waals surface area contributed by atoms with Gasteiger partial charge >= 0.3 is 5.97 Å². The Kier molecular flexibility index (Phi) is 5.66. The predicted molar refractivity (Wildman–Crippen MR) is 97.6 cm³/mol. The van der Waals surface area contributed by atoms with Crippen LogP contribution in [0, 0.1) is 12.7 Å². The standard InChI is InChI=1S/C19H17FN2O4S/c1-11-7-8-15(26-11)18-21-12(10-27-18)9-16(23)22-17(19(24)25-2)13-5-3-4-6-14(13)20/h3-8,10,17H,9H2,1-2H3,(H,22,23)/t17-/m1/s1. The number of nitrogens with one attached hydrogen (secondary N) is 1. The third-order valence-electron chi connectivity index (χ3n) is 3.80. The molecule has 1 atom stereocenters. The highest BCUT2D eigenvalue weighted by molar-refractivity contribution is 7.13. The number of aryl methyl sites for hydroxylation is 1. The predicted octanol–water partition coefficient (Wildman–Crippen LogP) is 3.42. The number of rotatable bonds is 6. The van der Waals surface area contributed by atoms with E-state index < -0.39 is 23.7 Å². The van der Waals surface area contributed by atoms with Gasteiger partial charge in [-0.05, 0) is 25.1 Å². The normalized spacial score (nSPS) is 11.8. The summed E-state index contributed by atoms with van der Waals surface area (Å²) in [6.07, 6.45) is -0.0574. The van der Waals surface area contributed by atoms with Gasteiger partial charge < -0.3 is 14.5 Å². The Bertz CT molecular complexity index is 966. The van der Waals surface area contributed by atoms with Crippen molar-refractivity contribution in [1.29, 1.82) is 0 Å². The minimum absolute atomic E-state index is 0.0442. The summed E-state index contributed by atoms with van der Waals surface area (Å²) >= 11 is 1.35. The van der Waals surface area contributed by atoms with Crippen molar-refractivity contribution >= 4 is 23.2 Å². The largest absolute Gasteiger partial charge is 0.467 e. The topological polar surface area (TPSA) is 81.4 Å². The molecule has 6 nitrogen and oxygen atoms in total. The van der Waals surface area contributed by atoms with E-state index in [4.69, 9.17) is 9.15 Å². The first-order valence-electron chi connectivity index (χ1n) is 8.10. The fourth-order valence-electron chi connectivity index (χ4n) is 2.52. The number of hydrogen-bond acceptors (Lipinski definition) is 6. The lowest BCUT2D eigenvalue weighted by Crippen LogP contribution is -2.36. The fraction of sp³-hybridized carbons (Fsp3) is 0.211. The van der Waals surface area contributed by atoms with E-state index in [0.29, 0.717) is 16.5 Å². The van der Waals surface area contributed by atoms with Crippen molar-refractivity contribution in [3.8, 4) is 10.8 Å². The summed E-state index contributed by atoms with van der Waals surface area (Å²) in [7, 11) is 1.18. The number of nitrogens with zero attached hydrogens (tertiary/aromatic N) is 1. The van der Waals surface area contributed by atoms with E-state index in [2.05, 4.69) is 10.3 Å². The van der Waals surface area contributed by atoms with Crippen LogP contribution in [-0.2, 0) is 20.7 Å².